The molecule has 2 aromatic rings. The normalized spacial score (nSPS) is 17.8. The molecule has 1 aliphatic rings. The van der Waals surface area contributed by atoms with E-state index in [9.17, 15) is 4.79 Å². The average molecular weight is 333 g/mol. The van der Waals surface area contributed by atoms with Crippen LogP contribution in [0.4, 0.5) is 0 Å². The number of hydrogen-bond donors (Lipinski definition) is 1. The van der Waals surface area contributed by atoms with Crippen LogP contribution in [0.15, 0.2) is 53.6 Å². The molecule has 1 atom stereocenters. The molecule has 1 aliphatic heterocycles. The Balaban J connectivity index is 1.78. The van der Waals surface area contributed by atoms with E-state index in [0.717, 1.165) is 16.8 Å². The molecule has 0 aliphatic carbocycles. The maximum Gasteiger partial charge on any atom is 0.243 e. The number of rotatable bonds is 3. The quantitative estimate of drug-likeness (QED) is 0.904. The number of amides is 1. The maximum absolute atomic E-state index is 12.0. The van der Waals surface area contributed by atoms with E-state index >= 15 is 0 Å². The summed E-state index contributed by atoms with van der Waals surface area (Å²) >= 11 is 11.9. The summed E-state index contributed by atoms with van der Waals surface area (Å²) in [6.45, 7) is 0. The van der Waals surface area contributed by atoms with Gasteiger partial charge in [0.05, 0.1) is 5.71 Å². The number of nitrogens with one attached hydrogen (secondary N) is 1. The van der Waals surface area contributed by atoms with Gasteiger partial charge < -0.3 is 0 Å². The summed E-state index contributed by atoms with van der Waals surface area (Å²) in [5.41, 5.74) is 5.50. The van der Waals surface area contributed by atoms with Gasteiger partial charge in [-0.15, -0.1) is 0 Å². The number of benzene rings is 2. The summed E-state index contributed by atoms with van der Waals surface area (Å²) in [7, 11) is 0. The topological polar surface area (TPSA) is 41.5 Å². The second-order valence-electron chi connectivity index (χ2n) is 5.28. The van der Waals surface area contributed by atoms with Crippen LogP contribution in [0, 0.1) is 5.92 Å². The molecule has 2 aromatic carbocycles. The number of nitrogens with zero attached hydrogens (tertiary/aromatic N) is 1. The standard InChI is InChI=1S/C17H14Cl2N2O/c18-14-6-4-12(5-7-14)16-10-13(17(22)21-20-16)8-11-2-1-3-15(19)9-11/h1-7,9,13H,8,10H2,(H,21,22). The molecule has 0 fully saturated rings. The summed E-state index contributed by atoms with van der Waals surface area (Å²) in [5.74, 6) is -0.209. The van der Waals surface area contributed by atoms with Crippen molar-refractivity contribution in [3.8, 4) is 0 Å². The second-order valence-corrected chi connectivity index (χ2v) is 6.15. The van der Waals surface area contributed by atoms with Crippen LogP contribution < -0.4 is 5.43 Å². The molecule has 1 N–H and O–H groups in total. The lowest BCUT2D eigenvalue weighted by Gasteiger charge is -2.21. The van der Waals surface area contributed by atoms with Crippen molar-refractivity contribution in [2.24, 2.45) is 11.0 Å². The Labute approximate surface area is 138 Å². The SMILES string of the molecule is O=C1NN=C(c2ccc(Cl)cc2)CC1Cc1cccc(Cl)c1. The van der Waals surface area contributed by atoms with Crippen molar-refractivity contribution in [3.63, 3.8) is 0 Å². The van der Waals surface area contributed by atoms with Crippen LogP contribution in [0.1, 0.15) is 17.5 Å². The highest BCUT2D eigenvalue weighted by Gasteiger charge is 2.25. The number of halogens is 2. The van der Waals surface area contributed by atoms with E-state index in [1.165, 1.54) is 0 Å². The fourth-order valence-electron chi connectivity index (χ4n) is 2.52. The largest absolute Gasteiger partial charge is 0.273 e. The van der Waals surface area contributed by atoms with Gasteiger partial charge >= 0.3 is 0 Å². The van der Waals surface area contributed by atoms with Crippen LogP contribution in [-0.4, -0.2) is 11.6 Å². The smallest absolute Gasteiger partial charge is 0.243 e. The van der Waals surface area contributed by atoms with Crippen molar-refractivity contribution in [1.29, 1.82) is 0 Å². The van der Waals surface area contributed by atoms with E-state index < -0.39 is 0 Å². The summed E-state index contributed by atoms with van der Waals surface area (Å²) in [6.07, 6.45) is 1.24. The zero-order valence-electron chi connectivity index (χ0n) is 11.7. The van der Waals surface area contributed by atoms with Crippen molar-refractivity contribution in [2.75, 3.05) is 0 Å². The zero-order valence-corrected chi connectivity index (χ0v) is 13.2. The summed E-state index contributed by atoms with van der Waals surface area (Å²) in [5, 5.41) is 5.53. The van der Waals surface area contributed by atoms with Crippen molar-refractivity contribution in [1.82, 2.24) is 5.43 Å². The summed E-state index contributed by atoms with van der Waals surface area (Å²) < 4.78 is 0. The molecular weight excluding hydrogens is 319 g/mol. The summed E-state index contributed by atoms with van der Waals surface area (Å²) in [4.78, 5) is 12.0. The van der Waals surface area contributed by atoms with Gasteiger partial charge in [-0.05, 0) is 41.8 Å². The second kappa shape index (κ2) is 6.51. The fraction of sp³-hybridized carbons (Fsp3) is 0.176. The Morgan fingerprint density at radius 3 is 2.59 bits per heavy atom. The predicted molar refractivity (Wildman–Crippen MR) is 89.4 cm³/mol. The van der Waals surface area contributed by atoms with Gasteiger partial charge in [0.15, 0.2) is 0 Å². The van der Waals surface area contributed by atoms with E-state index in [0.29, 0.717) is 22.9 Å². The molecule has 3 rings (SSSR count). The molecule has 0 saturated carbocycles. The van der Waals surface area contributed by atoms with Crippen LogP contribution in [0.5, 0.6) is 0 Å². The molecule has 0 spiro atoms. The molecule has 3 nitrogen and oxygen atoms in total. The van der Waals surface area contributed by atoms with Gasteiger partial charge in [-0.1, -0.05) is 47.5 Å². The van der Waals surface area contributed by atoms with Crippen LogP contribution in [0.25, 0.3) is 0 Å². The first-order valence-corrected chi connectivity index (χ1v) is 7.74. The Morgan fingerprint density at radius 2 is 1.86 bits per heavy atom. The lowest BCUT2D eigenvalue weighted by Crippen LogP contribution is -2.36. The van der Waals surface area contributed by atoms with Gasteiger partial charge in [-0.3, -0.25) is 4.79 Å². The third-order valence-corrected chi connectivity index (χ3v) is 4.15. The van der Waals surface area contributed by atoms with Gasteiger partial charge in [-0.25, -0.2) is 5.43 Å². The van der Waals surface area contributed by atoms with E-state index in [1.54, 1.807) is 0 Å². The molecule has 1 unspecified atom stereocenters. The molecule has 1 heterocycles. The van der Waals surface area contributed by atoms with Crippen molar-refractivity contribution < 1.29 is 4.79 Å². The predicted octanol–water partition coefficient (Wildman–Crippen LogP) is 4.08. The van der Waals surface area contributed by atoms with Gasteiger partial charge in [-0.2, -0.15) is 5.10 Å². The van der Waals surface area contributed by atoms with Gasteiger partial charge in [0, 0.05) is 22.4 Å². The molecule has 22 heavy (non-hydrogen) atoms. The fourth-order valence-corrected chi connectivity index (χ4v) is 2.86. The van der Waals surface area contributed by atoms with Crippen LogP contribution in [0.3, 0.4) is 0 Å². The molecule has 5 heteroatoms. The average Bonchev–Trinajstić information content (AvgIpc) is 2.50. The highest BCUT2D eigenvalue weighted by atomic mass is 35.5. The van der Waals surface area contributed by atoms with Gasteiger partial charge in [0.2, 0.25) is 5.91 Å². The molecule has 0 bridgehead atoms. The highest BCUT2D eigenvalue weighted by molar-refractivity contribution is 6.31. The Hall–Kier alpha value is -1.84. The lowest BCUT2D eigenvalue weighted by atomic mass is 9.90. The Bertz CT molecular complexity index is 726. The summed E-state index contributed by atoms with van der Waals surface area (Å²) in [6, 6.07) is 15.1. The Morgan fingerprint density at radius 1 is 1.09 bits per heavy atom. The van der Waals surface area contributed by atoms with Crippen molar-refractivity contribution >= 4 is 34.8 Å². The zero-order chi connectivity index (χ0) is 15.5. The number of carbonyl (C=O) groups is 1. The third-order valence-electron chi connectivity index (χ3n) is 3.66. The molecule has 0 radical (unpaired) electrons. The molecule has 112 valence electrons. The van der Waals surface area contributed by atoms with E-state index in [2.05, 4.69) is 10.5 Å². The lowest BCUT2D eigenvalue weighted by molar-refractivity contribution is -0.125. The number of hydrogen-bond acceptors (Lipinski definition) is 2. The van der Waals surface area contributed by atoms with E-state index in [1.807, 2.05) is 48.5 Å². The van der Waals surface area contributed by atoms with Crippen molar-refractivity contribution in [3.05, 3.63) is 69.7 Å². The van der Waals surface area contributed by atoms with Gasteiger partial charge in [0.1, 0.15) is 0 Å². The van der Waals surface area contributed by atoms with Crippen LogP contribution in [-0.2, 0) is 11.2 Å². The first-order valence-electron chi connectivity index (χ1n) is 6.98. The number of carbonyl (C=O) groups excluding carboxylic acids is 1. The van der Waals surface area contributed by atoms with E-state index in [4.69, 9.17) is 23.2 Å². The first kappa shape index (κ1) is 15.1. The highest BCUT2D eigenvalue weighted by Crippen LogP contribution is 2.22. The monoisotopic (exact) mass is 332 g/mol. The van der Waals surface area contributed by atoms with Crippen LogP contribution in [0.2, 0.25) is 10.0 Å². The molecule has 1 amide bonds. The number of hydrazone groups is 1. The third kappa shape index (κ3) is 3.49. The molecular formula is C17H14Cl2N2O. The molecule has 0 saturated heterocycles. The minimum absolute atomic E-state index is 0.0577. The molecule has 0 aromatic heterocycles. The van der Waals surface area contributed by atoms with Crippen LogP contribution >= 0.6 is 23.2 Å². The minimum Gasteiger partial charge on any atom is -0.273 e. The first-order chi connectivity index (χ1) is 10.6. The van der Waals surface area contributed by atoms with Crippen molar-refractivity contribution in [2.45, 2.75) is 12.8 Å². The van der Waals surface area contributed by atoms with E-state index in [-0.39, 0.29) is 11.8 Å². The van der Waals surface area contributed by atoms with Gasteiger partial charge in [0.25, 0.3) is 0 Å². The maximum atomic E-state index is 12.0. The Kier molecular flexibility index (Phi) is 4.46. The minimum atomic E-state index is -0.151.